The van der Waals surface area contributed by atoms with Gasteiger partial charge in [-0.15, -0.1) is 0 Å². The second kappa shape index (κ2) is 6.19. The molecule has 0 rings (SSSR count). The highest BCUT2D eigenvalue weighted by molar-refractivity contribution is 7.56. The lowest BCUT2D eigenvalue weighted by Gasteiger charge is -2.09. The summed E-state index contributed by atoms with van der Waals surface area (Å²) in [6.07, 6.45) is 0. The van der Waals surface area contributed by atoms with Crippen LogP contribution in [0.1, 0.15) is 27.7 Å². The predicted molar refractivity (Wildman–Crippen MR) is 55.8 cm³/mol. The molecule has 0 aliphatic heterocycles. The smallest absolute Gasteiger partial charge is 0.244 e. The van der Waals surface area contributed by atoms with Gasteiger partial charge in [0.05, 0.1) is 13.2 Å². The standard InChI is InChI=1S/C9H18NO3P/c1-8(2)6-12-14(11,10-5)13-7-9(3)4/h8-9H,6-7H2,1-4H3. The zero-order valence-electron chi connectivity index (χ0n) is 9.19. The second-order valence-corrected chi connectivity index (χ2v) is 5.60. The van der Waals surface area contributed by atoms with Crippen LogP contribution in [0, 0.1) is 18.4 Å². The Kier molecular flexibility index (Phi) is 6.03. The van der Waals surface area contributed by atoms with E-state index in [0.29, 0.717) is 0 Å². The lowest BCUT2D eigenvalue weighted by atomic mass is 10.2. The first-order valence-electron chi connectivity index (χ1n) is 4.67. The molecule has 5 heteroatoms. The quantitative estimate of drug-likeness (QED) is 0.508. The maximum Gasteiger partial charge on any atom is 0.693 e. The minimum atomic E-state index is -3.52. The third-order valence-corrected chi connectivity index (χ3v) is 2.46. The Labute approximate surface area is 86.0 Å². The summed E-state index contributed by atoms with van der Waals surface area (Å²) in [4.78, 5) is 0. The molecular weight excluding hydrogens is 201 g/mol. The van der Waals surface area contributed by atoms with E-state index in [0.717, 1.165) is 0 Å². The summed E-state index contributed by atoms with van der Waals surface area (Å²) in [7, 11) is -3.52. The van der Waals surface area contributed by atoms with E-state index in [2.05, 4.69) is 4.62 Å². The summed E-state index contributed by atoms with van der Waals surface area (Å²) in [5, 5.41) is 0. The highest BCUT2D eigenvalue weighted by atomic mass is 31.2. The van der Waals surface area contributed by atoms with Crippen LogP contribution in [0.15, 0.2) is 0 Å². The van der Waals surface area contributed by atoms with Crippen LogP contribution in [0.4, 0.5) is 0 Å². The minimum Gasteiger partial charge on any atom is -0.244 e. The van der Waals surface area contributed by atoms with Gasteiger partial charge in [0, 0.05) is 0 Å². The van der Waals surface area contributed by atoms with Crippen molar-refractivity contribution in [3.05, 3.63) is 11.2 Å². The highest BCUT2D eigenvalue weighted by Crippen LogP contribution is 2.50. The molecule has 0 fully saturated rings. The van der Waals surface area contributed by atoms with E-state index in [1.807, 2.05) is 27.7 Å². The maximum absolute atomic E-state index is 11.6. The largest absolute Gasteiger partial charge is 0.693 e. The predicted octanol–water partition coefficient (Wildman–Crippen LogP) is 3.36. The summed E-state index contributed by atoms with van der Waals surface area (Å²) in [6.45, 7) is 15.0. The Bertz CT molecular complexity index is 229. The molecule has 0 bridgehead atoms. The first-order chi connectivity index (χ1) is 6.39. The van der Waals surface area contributed by atoms with Gasteiger partial charge in [-0.3, -0.25) is 0 Å². The summed E-state index contributed by atoms with van der Waals surface area (Å²) >= 11 is 0. The van der Waals surface area contributed by atoms with Crippen LogP contribution >= 0.6 is 7.75 Å². The molecule has 0 atom stereocenters. The van der Waals surface area contributed by atoms with E-state index in [-0.39, 0.29) is 25.0 Å². The second-order valence-electron chi connectivity index (χ2n) is 3.95. The Morgan fingerprint density at radius 1 is 1.14 bits per heavy atom. The lowest BCUT2D eigenvalue weighted by Crippen LogP contribution is -2.04. The fourth-order valence-corrected chi connectivity index (χ4v) is 1.74. The topological polar surface area (TPSA) is 39.9 Å². The molecule has 0 aromatic rings. The number of hydrogen-bond donors (Lipinski definition) is 0. The molecule has 0 unspecified atom stereocenters. The Hall–Kier alpha value is -0.360. The molecule has 0 spiro atoms. The fraction of sp³-hybridized carbons (Fsp3) is 0.889. The summed E-state index contributed by atoms with van der Waals surface area (Å²) < 4.78 is 24.5. The third-order valence-electron chi connectivity index (χ3n) is 1.26. The van der Waals surface area contributed by atoms with Gasteiger partial charge in [0.2, 0.25) is 0 Å². The molecule has 0 aliphatic carbocycles. The number of hydrogen-bond acceptors (Lipinski definition) is 3. The van der Waals surface area contributed by atoms with Gasteiger partial charge in [-0.25, -0.2) is 20.2 Å². The van der Waals surface area contributed by atoms with Crippen molar-refractivity contribution < 1.29 is 13.6 Å². The van der Waals surface area contributed by atoms with E-state index in [1.54, 1.807) is 0 Å². The molecule has 4 nitrogen and oxygen atoms in total. The molecule has 0 N–H and O–H groups in total. The molecule has 0 heterocycles. The van der Waals surface area contributed by atoms with Crippen molar-refractivity contribution in [2.45, 2.75) is 27.7 Å². The van der Waals surface area contributed by atoms with E-state index in [1.165, 1.54) is 0 Å². The van der Waals surface area contributed by atoms with Crippen molar-refractivity contribution in [3.63, 3.8) is 0 Å². The molecule has 0 amide bonds. The fourth-order valence-electron chi connectivity index (χ4n) is 0.582. The van der Waals surface area contributed by atoms with Crippen LogP contribution in [-0.2, 0) is 13.6 Å². The van der Waals surface area contributed by atoms with Crippen molar-refractivity contribution in [1.29, 1.82) is 0 Å². The van der Waals surface area contributed by atoms with Crippen LogP contribution in [0.2, 0.25) is 0 Å². The van der Waals surface area contributed by atoms with Crippen LogP contribution < -0.4 is 0 Å². The van der Waals surface area contributed by atoms with Gasteiger partial charge in [-0.2, -0.15) is 4.57 Å². The lowest BCUT2D eigenvalue weighted by molar-refractivity contribution is 0.179. The monoisotopic (exact) mass is 219 g/mol. The maximum atomic E-state index is 11.6. The Morgan fingerprint density at radius 3 is 1.71 bits per heavy atom. The molecule has 14 heavy (non-hydrogen) atoms. The van der Waals surface area contributed by atoms with Crippen molar-refractivity contribution in [2.24, 2.45) is 11.8 Å². The van der Waals surface area contributed by atoms with E-state index in [9.17, 15) is 4.57 Å². The third kappa shape index (κ3) is 6.15. The normalized spacial score (nSPS) is 12.1. The molecule has 82 valence electrons. The van der Waals surface area contributed by atoms with Gasteiger partial charge in [0.15, 0.2) is 0 Å². The van der Waals surface area contributed by atoms with Crippen molar-refractivity contribution in [1.82, 2.24) is 0 Å². The summed E-state index contributed by atoms with van der Waals surface area (Å²) in [5.74, 6) is 0.487. The average Bonchev–Trinajstić information content (AvgIpc) is 2.11. The van der Waals surface area contributed by atoms with Gasteiger partial charge >= 0.3 is 7.75 Å². The van der Waals surface area contributed by atoms with Crippen molar-refractivity contribution >= 4 is 7.75 Å². The SMILES string of the molecule is [C-]#[N+]P(=O)(OCC(C)C)OCC(C)C. The Balaban J connectivity index is 4.08. The van der Waals surface area contributed by atoms with E-state index in [4.69, 9.17) is 15.6 Å². The zero-order chi connectivity index (χ0) is 11.2. The first-order valence-corrected chi connectivity index (χ1v) is 6.17. The minimum absolute atomic E-state index is 0.243. The molecule has 0 aromatic heterocycles. The van der Waals surface area contributed by atoms with Gasteiger partial charge in [0.25, 0.3) is 0 Å². The van der Waals surface area contributed by atoms with E-state index < -0.39 is 7.75 Å². The highest BCUT2D eigenvalue weighted by Gasteiger charge is 2.34. The first kappa shape index (κ1) is 13.6. The summed E-state index contributed by atoms with van der Waals surface area (Å²) in [6, 6.07) is 0. The van der Waals surface area contributed by atoms with Crippen molar-refractivity contribution in [2.75, 3.05) is 13.2 Å². The van der Waals surface area contributed by atoms with E-state index >= 15 is 0 Å². The van der Waals surface area contributed by atoms with Gasteiger partial charge in [-0.05, 0) is 11.8 Å². The van der Waals surface area contributed by atoms with Crippen LogP contribution in [0.25, 0.3) is 4.62 Å². The van der Waals surface area contributed by atoms with Gasteiger partial charge in [-0.1, -0.05) is 27.7 Å². The van der Waals surface area contributed by atoms with Crippen LogP contribution in [0.3, 0.4) is 0 Å². The molecule has 0 aliphatic rings. The van der Waals surface area contributed by atoms with Gasteiger partial charge in [0.1, 0.15) is 0 Å². The number of rotatable bonds is 6. The Morgan fingerprint density at radius 2 is 1.50 bits per heavy atom. The van der Waals surface area contributed by atoms with Crippen molar-refractivity contribution in [3.8, 4) is 0 Å². The zero-order valence-corrected chi connectivity index (χ0v) is 10.1. The molecule has 0 saturated heterocycles. The molecular formula is C9H18NO3P. The van der Waals surface area contributed by atoms with Gasteiger partial charge < -0.3 is 0 Å². The average molecular weight is 219 g/mol. The van der Waals surface area contributed by atoms with Crippen LogP contribution in [-0.4, -0.2) is 13.2 Å². The molecule has 0 radical (unpaired) electrons. The number of nitrogens with zero attached hydrogens (tertiary/aromatic N) is 1. The molecule has 0 aromatic carbocycles. The summed E-state index contributed by atoms with van der Waals surface area (Å²) in [5.41, 5.74) is 0. The van der Waals surface area contributed by atoms with Crippen LogP contribution in [0.5, 0.6) is 0 Å². The molecule has 0 saturated carbocycles.